The van der Waals surface area contributed by atoms with Crippen LogP contribution in [0.25, 0.3) is 5.70 Å². The molecule has 1 fully saturated rings. The number of carbonyl (C=O) groups excluding carboxylic acids is 1. The van der Waals surface area contributed by atoms with Crippen LogP contribution in [0.3, 0.4) is 0 Å². The van der Waals surface area contributed by atoms with Gasteiger partial charge < -0.3 is 20.1 Å². The summed E-state index contributed by atoms with van der Waals surface area (Å²) in [6.45, 7) is 9.65. The summed E-state index contributed by atoms with van der Waals surface area (Å²) >= 11 is 0. The summed E-state index contributed by atoms with van der Waals surface area (Å²) in [6.07, 6.45) is 4.66. The molecule has 2 aromatic rings. The molecule has 0 aromatic heterocycles. The van der Waals surface area contributed by atoms with E-state index in [0.29, 0.717) is 6.61 Å². The van der Waals surface area contributed by atoms with Gasteiger partial charge in [-0.1, -0.05) is 56.3 Å². The Balaban J connectivity index is 1.51. The van der Waals surface area contributed by atoms with Gasteiger partial charge in [-0.15, -0.1) is 0 Å². The van der Waals surface area contributed by atoms with Crippen LogP contribution in [0.2, 0.25) is 0 Å². The Morgan fingerprint density at radius 3 is 2.54 bits per heavy atom. The van der Waals surface area contributed by atoms with E-state index in [9.17, 15) is 14.8 Å². The number of hydrogen-bond donors (Lipinski definition) is 4. The molecule has 0 aliphatic carbocycles. The first kappa shape index (κ1) is 27.2. The van der Waals surface area contributed by atoms with Gasteiger partial charge >= 0.3 is 7.12 Å². The normalized spacial score (nSPS) is 20.7. The van der Waals surface area contributed by atoms with Crippen LogP contribution >= 0.6 is 0 Å². The van der Waals surface area contributed by atoms with E-state index >= 15 is 0 Å². The minimum absolute atomic E-state index is 0.0122. The van der Waals surface area contributed by atoms with Gasteiger partial charge in [0.15, 0.2) is 0 Å². The van der Waals surface area contributed by atoms with Crippen molar-refractivity contribution in [1.82, 2.24) is 20.7 Å². The number of rotatable bonds is 11. The Bertz CT molecular complexity index is 1070. The van der Waals surface area contributed by atoms with Gasteiger partial charge in [0, 0.05) is 6.54 Å². The number of likely N-dealkylation sites (tertiary alicyclic amines) is 1. The maximum atomic E-state index is 13.0. The van der Waals surface area contributed by atoms with E-state index in [0.717, 1.165) is 42.2 Å². The molecule has 9 heteroatoms. The van der Waals surface area contributed by atoms with Crippen LogP contribution in [0.1, 0.15) is 44.7 Å². The molecule has 4 N–H and O–H groups in total. The third-order valence-corrected chi connectivity index (χ3v) is 7.13. The lowest BCUT2D eigenvalue weighted by Gasteiger charge is -2.30. The number of nitrogens with zero attached hydrogens (tertiary/aromatic N) is 2. The molecule has 0 spiro atoms. The van der Waals surface area contributed by atoms with Gasteiger partial charge in [-0.2, -0.15) is 0 Å². The SMILES string of the molecule is CC(C)[C@H](NC(=O)CN1NC(C)(c2cccc(OCCN3CCCC3)c2)C=C1c1ccccc1)B(O)O. The van der Waals surface area contributed by atoms with Crippen molar-refractivity contribution >= 4 is 18.7 Å². The molecule has 2 aliphatic rings. The zero-order valence-electron chi connectivity index (χ0n) is 22.1. The Hall–Kier alpha value is -2.85. The van der Waals surface area contributed by atoms with E-state index in [2.05, 4.69) is 40.8 Å². The zero-order chi connectivity index (χ0) is 26.4. The van der Waals surface area contributed by atoms with E-state index in [-0.39, 0.29) is 18.4 Å². The Morgan fingerprint density at radius 1 is 1.14 bits per heavy atom. The van der Waals surface area contributed by atoms with Gasteiger partial charge in [0.1, 0.15) is 18.9 Å². The highest BCUT2D eigenvalue weighted by Crippen LogP contribution is 2.36. The molecule has 2 aromatic carbocycles. The van der Waals surface area contributed by atoms with E-state index in [1.807, 2.05) is 61.3 Å². The third kappa shape index (κ3) is 6.93. The lowest BCUT2D eigenvalue weighted by Crippen LogP contribution is -2.53. The molecule has 8 nitrogen and oxygen atoms in total. The van der Waals surface area contributed by atoms with Crippen molar-refractivity contribution in [2.75, 3.05) is 32.8 Å². The number of carbonyl (C=O) groups is 1. The van der Waals surface area contributed by atoms with Crippen molar-refractivity contribution in [3.05, 3.63) is 71.8 Å². The highest BCUT2D eigenvalue weighted by molar-refractivity contribution is 6.43. The topological polar surface area (TPSA) is 97.3 Å². The Labute approximate surface area is 220 Å². The standard InChI is InChI=1S/C28H39BN4O4/c1-21(2)27(29(35)36)30-26(34)20-33-25(22-10-5-4-6-11-22)19-28(3,31-33)23-12-9-13-24(18-23)37-17-16-32-14-7-8-15-32/h4-6,9-13,18-19,21,27,31,35-36H,7-8,14-17,20H2,1-3H3,(H,30,34)/t27-,28?/m0/s1. The van der Waals surface area contributed by atoms with E-state index in [1.54, 1.807) is 0 Å². The van der Waals surface area contributed by atoms with Gasteiger partial charge in [-0.3, -0.25) is 14.7 Å². The lowest BCUT2D eigenvalue weighted by molar-refractivity contribution is -0.122. The molecule has 0 radical (unpaired) electrons. The largest absolute Gasteiger partial charge is 0.492 e. The molecular weight excluding hydrogens is 467 g/mol. The molecule has 2 atom stereocenters. The fraction of sp³-hybridized carbons (Fsp3) is 0.464. The van der Waals surface area contributed by atoms with Crippen LogP contribution in [0.15, 0.2) is 60.7 Å². The summed E-state index contributed by atoms with van der Waals surface area (Å²) in [7, 11) is -1.63. The number of amides is 1. The molecule has 0 bridgehead atoms. The second-order valence-corrected chi connectivity index (χ2v) is 10.5. The number of hydrazine groups is 1. The second-order valence-electron chi connectivity index (χ2n) is 10.5. The van der Waals surface area contributed by atoms with Crippen molar-refractivity contribution in [2.45, 2.75) is 45.1 Å². The van der Waals surface area contributed by atoms with Crippen molar-refractivity contribution in [3.63, 3.8) is 0 Å². The van der Waals surface area contributed by atoms with Gasteiger partial charge in [0.2, 0.25) is 5.91 Å². The van der Waals surface area contributed by atoms with Crippen LogP contribution in [0, 0.1) is 5.92 Å². The Kier molecular flexibility index (Phi) is 8.92. The third-order valence-electron chi connectivity index (χ3n) is 7.13. The summed E-state index contributed by atoms with van der Waals surface area (Å²) in [5.41, 5.74) is 5.82. The predicted octanol–water partition coefficient (Wildman–Crippen LogP) is 2.39. The summed E-state index contributed by atoms with van der Waals surface area (Å²) < 4.78 is 6.09. The molecular formula is C28H39BN4O4. The first-order valence-electron chi connectivity index (χ1n) is 13.2. The van der Waals surface area contributed by atoms with Crippen molar-refractivity contribution in [1.29, 1.82) is 0 Å². The molecule has 1 saturated heterocycles. The van der Waals surface area contributed by atoms with Crippen molar-refractivity contribution in [2.24, 2.45) is 5.92 Å². The summed E-state index contributed by atoms with van der Waals surface area (Å²) in [5.74, 6) is -0.357. The smallest absolute Gasteiger partial charge is 0.475 e. The molecule has 2 heterocycles. The zero-order valence-corrected chi connectivity index (χ0v) is 22.1. The van der Waals surface area contributed by atoms with Gasteiger partial charge in [0.05, 0.1) is 17.2 Å². The molecule has 4 rings (SSSR count). The van der Waals surface area contributed by atoms with Crippen molar-refractivity contribution in [3.8, 4) is 5.75 Å². The minimum Gasteiger partial charge on any atom is -0.492 e. The van der Waals surface area contributed by atoms with E-state index in [1.165, 1.54) is 12.8 Å². The minimum atomic E-state index is -1.63. The highest BCUT2D eigenvalue weighted by atomic mass is 16.5. The monoisotopic (exact) mass is 506 g/mol. The fourth-order valence-corrected chi connectivity index (χ4v) is 5.01. The Morgan fingerprint density at radius 2 is 1.86 bits per heavy atom. The summed E-state index contributed by atoms with van der Waals surface area (Å²) in [5, 5.41) is 24.0. The van der Waals surface area contributed by atoms with Crippen LogP contribution in [0.5, 0.6) is 5.75 Å². The van der Waals surface area contributed by atoms with Gasteiger partial charge in [-0.05, 0) is 68.1 Å². The summed E-state index contributed by atoms with van der Waals surface area (Å²) in [4.78, 5) is 15.4. The molecule has 2 aliphatic heterocycles. The van der Waals surface area contributed by atoms with Gasteiger partial charge in [0.25, 0.3) is 0 Å². The van der Waals surface area contributed by atoms with E-state index in [4.69, 9.17) is 4.74 Å². The number of benzene rings is 2. The molecule has 1 unspecified atom stereocenters. The molecule has 1 amide bonds. The fourth-order valence-electron chi connectivity index (χ4n) is 5.01. The number of hydrogen-bond acceptors (Lipinski definition) is 7. The van der Waals surface area contributed by atoms with Crippen LogP contribution in [-0.4, -0.2) is 71.7 Å². The quantitative estimate of drug-likeness (QED) is 0.348. The average molecular weight is 506 g/mol. The predicted molar refractivity (Wildman–Crippen MR) is 146 cm³/mol. The van der Waals surface area contributed by atoms with Gasteiger partial charge in [-0.25, -0.2) is 5.43 Å². The molecule has 198 valence electrons. The van der Waals surface area contributed by atoms with Crippen LogP contribution < -0.4 is 15.5 Å². The maximum Gasteiger partial charge on any atom is 0.475 e. The molecule has 37 heavy (non-hydrogen) atoms. The maximum absolute atomic E-state index is 13.0. The number of ether oxygens (including phenoxy) is 1. The first-order valence-corrected chi connectivity index (χ1v) is 13.2. The molecule has 0 saturated carbocycles. The van der Waals surface area contributed by atoms with Crippen molar-refractivity contribution < 1.29 is 19.6 Å². The average Bonchev–Trinajstić information content (AvgIpc) is 3.51. The van der Waals surface area contributed by atoms with E-state index < -0.39 is 18.6 Å². The summed E-state index contributed by atoms with van der Waals surface area (Å²) in [6, 6.07) is 18.0. The lowest BCUT2D eigenvalue weighted by atomic mass is 9.73. The van der Waals surface area contributed by atoms with Crippen LogP contribution in [0.4, 0.5) is 0 Å². The first-order chi connectivity index (χ1) is 17.7. The number of nitrogens with one attached hydrogen (secondary N) is 2. The second kappa shape index (κ2) is 12.1. The highest BCUT2D eigenvalue weighted by Gasteiger charge is 2.37. The van der Waals surface area contributed by atoms with Crippen LogP contribution in [-0.2, 0) is 10.3 Å².